The lowest BCUT2D eigenvalue weighted by Gasteiger charge is -2.20. The van der Waals surface area contributed by atoms with E-state index in [4.69, 9.17) is 9.84 Å². The van der Waals surface area contributed by atoms with Gasteiger partial charge in [0, 0.05) is 43.0 Å². The van der Waals surface area contributed by atoms with Crippen molar-refractivity contribution in [1.82, 2.24) is 28.9 Å². The lowest BCUT2D eigenvalue weighted by molar-refractivity contribution is 0.132. The summed E-state index contributed by atoms with van der Waals surface area (Å²) in [5.74, 6) is 1.14. The van der Waals surface area contributed by atoms with E-state index in [2.05, 4.69) is 15.6 Å². The molecule has 1 aliphatic heterocycles. The number of amides is 4. The molecule has 2 aromatic heterocycles. The second-order valence-electron chi connectivity index (χ2n) is 11.2. The van der Waals surface area contributed by atoms with Crippen LogP contribution in [0.3, 0.4) is 0 Å². The maximum Gasteiger partial charge on any atom is 0.347 e. The zero-order chi connectivity index (χ0) is 31.5. The van der Waals surface area contributed by atoms with E-state index in [1.54, 1.807) is 59.4 Å². The maximum atomic E-state index is 13.0. The Morgan fingerprint density at radius 2 is 1.73 bits per heavy atom. The number of carbonyl (C=O) groups excluding carboxylic acids is 2. The monoisotopic (exact) mass is 618 g/mol. The van der Waals surface area contributed by atoms with Crippen molar-refractivity contribution in [3.63, 3.8) is 0 Å². The Bertz CT molecular complexity index is 1730. The Kier molecular flexibility index (Phi) is 8.56. The van der Waals surface area contributed by atoms with Crippen molar-refractivity contribution in [2.45, 2.75) is 39.2 Å². The number of hydrogen-bond acceptors (Lipinski definition) is 7. The van der Waals surface area contributed by atoms with Gasteiger partial charge in [0.25, 0.3) is 0 Å². The first-order valence-electron chi connectivity index (χ1n) is 13.9. The SMILES string of the molecule is CN1C(=O)NS(=O)(=O)N1Cc1ccc(-n2nc(C(C)(C)C)cc2NC(=O)Nc2ccc(OCCc3cccnc3)cc2)cc1. The van der Waals surface area contributed by atoms with Crippen LogP contribution in [0.1, 0.15) is 37.6 Å². The molecule has 1 aliphatic rings. The van der Waals surface area contributed by atoms with E-state index in [9.17, 15) is 18.0 Å². The molecule has 0 radical (unpaired) electrons. The molecule has 13 nitrogen and oxygen atoms in total. The highest BCUT2D eigenvalue weighted by Crippen LogP contribution is 2.27. The number of hydrogen-bond donors (Lipinski definition) is 3. The van der Waals surface area contributed by atoms with Gasteiger partial charge in [-0.05, 0) is 53.6 Å². The number of ether oxygens (including phenoxy) is 1. The molecule has 3 heterocycles. The summed E-state index contributed by atoms with van der Waals surface area (Å²) in [6.07, 6.45) is 4.28. The molecule has 3 N–H and O–H groups in total. The molecule has 0 aliphatic carbocycles. The number of aromatic nitrogens is 3. The smallest absolute Gasteiger partial charge is 0.347 e. The van der Waals surface area contributed by atoms with Gasteiger partial charge in [0.15, 0.2) is 0 Å². The normalized spacial score (nSPS) is 14.7. The first-order chi connectivity index (χ1) is 20.9. The summed E-state index contributed by atoms with van der Waals surface area (Å²) in [6.45, 7) is 6.54. The summed E-state index contributed by atoms with van der Waals surface area (Å²) >= 11 is 0. The van der Waals surface area contributed by atoms with Crippen LogP contribution in [0.4, 0.5) is 21.1 Å². The number of nitrogens with zero attached hydrogens (tertiary/aromatic N) is 5. The summed E-state index contributed by atoms with van der Waals surface area (Å²) in [6, 6.07) is 18.7. The van der Waals surface area contributed by atoms with Crippen LogP contribution < -0.4 is 20.1 Å². The molecule has 0 atom stereocenters. The first kappa shape index (κ1) is 30.5. The van der Waals surface area contributed by atoms with Gasteiger partial charge >= 0.3 is 22.3 Å². The number of benzene rings is 2. The number of pyridine rings is 1. The van der Waals surface area contributed by atoms with Crippen LogP contribution in [0.15, 0.2) is 79.1 Å². The third kappa shape index (κ3) is 7.15. The minimum atomic E-state index is -3.94. The molecule has 5 rings (SSSR count). The fourth-order valence-electron chi connectivity index (χ4n) is 4.36. The van der Waals surface area contributed by atoms with Crippen molar-refractivity contribution in [3.05, 3.63) is 95.9 Å². The number of hydrazine groups is 1. The van der Waals surface area contributed by atoms with Gasteiger partial charge in [-0.25, -0.2) is 24.0 Å². The highest BCUT2D eigenvalue weighted by molar-refractivity contribution is 7.88. The van der Waals surface area contributed by atoms with Crippen LogP contribution in [0.2, 0.25) is 0 Å². The Balaban J connectivity index is 1.25. The Morgan fingerprint density at radius 3 is 2.34 bits per heavy atom. The molecule has 1 saturated heterocycles. The molecule has 230 valence electrons. The second kappa shape index (κ2) is 12.3. The number of nitrogens with one attached hydrogen (secondary N) is 3. The molecule has 2 aromatic carbocycles. The first-order valence-corrected chi connectivity index (χ1v) is 15.3. The van der Waals surface area contributed by atoms with E-state index in [1.165, 1.54) is 7.05 Å². The summed E-state index contributed by atoms with van der Waals surface area (Å²) < 4.78 is 34.8. The van der Waals surface area contributed by atoms with Gasteiger partial charge in [-0.3, -0.25) is 10.3 Å². The Morgan fingerprint density at radius 1 is 1.00 bits per heavy atom. The molecule has 0 saturated carbocycles. The minimum absolute atomic E-state index is 0.0357. The summed E-state index contributed by atoms with van der Waals surface area (Å²) in [5, 5.41) is 11.5. The number of urea groups is 2. The van der Waals surface area contributed by atoms with Crippen molar-refractivity contribution in [2.24, 2.45) is 0 Å². The van der Waals surface area contributed by atoms with E-state index in [0.717, 1.165) is 27.1 Å². The van der Waals surface area contributed by atoms with Crippen LogP contribution >= 0.6 is 0 Å². The van der Waals surface area contributed by atoms with E-state index >= 15 is 0 Å². The lowest BCUT2D eigenvalue weighted by Crippen LogP contribution is -2.36. The molecule has 4 amide bonds. The van der Waals surface area contributed by atoms with E-state index < -0.39 is 22.3 Å². The van der Waals surface area contributed by atoms with Gasteiger partial charge in [0.1, 0.15) is 11.6 Å². The topological polar surface area (TPSA) is 151 Å². The minimum Gasteiger partial charge on any atom is -0.493 e. The molecule has 0 bridgehead atoms. The Hall–Kier alpha value is -4.95. The molecule has 44 heavy (non-hydrogen) atoms. The van der Waals surface area contributed by atoms with Crippen molar-refractivity contribution >= 4 is 33.8 Å². The highest BCUT2D eigenvalue weighted by Gasteiger charge is 2.38. The fourth-order valence-corrected chi connectivity index (χ4v) is 5.53. The van der Waals surface area contributed by atoms with Crippen LogP contribution in [0.25, 0.3) is 5.69 Å². The predicted octanol–water partition coefficient (Wildman–Crippen LogP) is 4.45. The van der Waals surface area contributed by atoms with Gasteiger partial charge < -0.3 is 10.1 Å². The zero-order valence-corrected chi connectivity index (χ0v) is 25.6. The molecule has 14 heteroatoms. The van der Waals surface area contributed by atoms with E-state index in [-0.39, 0.29) is 12.0 Å². The maximum absolute atomic E-state index is 13.0. The fraction of sp³-hybridized carbons (Fsp3) is 0.267. The van der Waals surface area contributed by atoms with Gasteiger partial charge in [0.2, 0.25) is 0 Å². The van der Waals surface area contributed by atoms with Gasteiger partial charge in [-0.1, -0.05) is 43.4 Å². The standard InChI is InChI=1S/C30H34N8O5S/c1-30(2,3)26-18-27(33-28(39)32-23-9-13-25(14-10-23)43-17-15-21-6-5-16-31-19-21)38(34-26)24-11-7-22(8-12-24)20-37-36(4)29(40)35-44(37,41)42/h5-14,16,18-19H,15,17,20H2,1-4H3,(H,35,40)(H2,32,33,39). The van der Waals surface area contributed by atoms with Crippen LogP contribution in [-0.4, -0.2) is 58.3 Å². The summed E-state index contributed by atoms with van der Waals surface area (Å²) in [4.78, 5) is 28.9. The number of carbonyl (C=O) groups is 2. The van der Waals surface area contributed by atoms with E-state index in [1.807, 2.05) is 49.9 Å². The average molecular weight is 619 g/mol. The average Bonchev–Trinajstić information content (AvgIpc) is 3.49. The van der Waals surface area contributed by atoms with Crippen molar-refractivity contribution < 1.29 is 22.7 Å². The molecule has 4 aromatic rings. The number of anilines is 2. The largest absolute Gasteiger partial charge is 0.493 e. The summed E-state index contributed by atoms with van der Waals surface area (Å²) in [5.41, 5.74) is 3.45. The molecule has 1 fully saturated rings. The van der Waals surface area contributed by atoms with Crippen LogP contribution in [0, 0.1) is 0 Å². The number of rotatable bonds is 9. The molecule has 0 spiro atoms. The van der Waals surface area contributed by atoms with Crippen molar-refractivity contribution in [2.75, 3.05) is 24.3 Å². The third-order valence-electron chi connectivity index (χ3n) is 6.83. The van der Waals surface area contributed by atoms with E-state index in [0.29, 0.717) is 35.1 Å². The predicted molar refractivity (Wildman–Crippen MR) is 166 cm³/mol. The second-order valence-corrected chi connectivity index (χ2v) is 12.8. The highest BCUT2D eigenvalue weighted by atomic mass is 32.2. The van der Waals surface area contributed by atoms with Crippen molar-refractivity contribution in [1.29, 1.82) is 0 Å². The molecular weight excluding hydrogens is 584 g/mol. The Labute approximate surface area is 256 Å². The van der Waals surface area contributed by atoms with Crippen LogP contribution in [0.5, 0.6) is 5.75 Å². The van der Waals surface area contributed by atoms with Crippen LogP contribution in [-0.2, 0) is 28.6 Å². The summed E-state index contributed by atoms with van der Waals surface area (Å²) in [7, 11) is -2.57. The molecule has 0 unspecified atom stereocenters. The lowest BCUT2D eigenvalue weighted by atomic mass is 9.92. The zero-order valence-electron chi connectivity index (χ0n) is 24.8. The molecular formula is C30H34N8O5S. The van der Waals surface area contributed by atoms with Gasteiger partial charge in [0.05, 0.1) is 24.5 Å². The third-order valence-corrected chi connectivity index (χ3v) is 8.20. The van der Waals surface area contributed by atoms with Gasteiger partial charge in [-0.15, -0.1) is 0 Å². The van der Waals surface area contributed by atoms with Crippen molar-refractivity contribution in [3.8, 4) is 11.4 Å². The van der Waals surface area contributed by atoms with Gasteiger partial charge in [-0.2, -0.15) is 13.5 Å². The quantitative estimate of drug-likeness (QED) is 0.251.